The van der Waals surface area contributed by atoms with E-state index in [4.69, 9.17) is 0 Å². The molecule has 0 N–H and O–H groups in total. The van der Waals surface area contributed by atoms with Gasteiger partial charge in [-0.1, -0.05) is 26.0 Å². The van der Waals surface area contributed by atoms with Crippen LogP contribution >= 0.6 is 0 Å². The number of fused-ring (bicyclic) bond motifs is 1. The zero-order valence-corrected chi connectivity index (χ0v) is 8.62. The second-order valence-corrected chi connectivity index (χ2v) is 4.00. The van der Waals surface area contributed by atoms with Gasteiger partial charge in [0.1, 0.15) is 0 Å². The molecule has 1 nitrogen and oxygen atoms in total. The summed E-state index contributed by atoms with van der Waals surface area (Å²) in [6, 6.07) is 2.21. The van der Waals surface area contributed by atoms with Crippen LogP contribution in [0.25, 0.3) is 6.08 Å². The second kappa shape index (κ2) is 3.06. The first-order valence-electron chi connectivity index (χ1n) is 5.07. The van der Waals surface area contributed by atoms with Crippen LogP contribution in [0.1, 0.15) is 37.4 Å². The van der Waals surface area contributed by atoms with Gasteiger partial charge in [-0.15, -0.1) is 0 Å². The molecule has 13 heavy (non-hydrogen) atoms. The molecule has 1 aromatic heterocycles. The van der Waals surface area contributed by atoms with Gasteiger partial charge < -0.3 is 4.57 Å². The fourth-order valence-corrected chi connectivity index (χ4v) is 2.38. The fraction of sp³-hybridized carbons (Fsp3) is 0.500. The number of aryl methyl sites for hydroxylation is 1. The zero-order valence-electron chi connectivity index (χ0n) is 8.62. The van der Waals surface area contributed by atoms with Gasteiger partial charge in [0.15, 0.2) is 0 Å². The standard InChI is InChI=1S/C12H17N/c1-4-11-9(2)5-6-10-7-8-13(3)12(10)11/h5-9,11H,4H2,1-3H3. The molecule has 2 rings (SSSR count). The minimum absolute atomic E-state index is 0.686. The first kappa shape index (κ1) is 8.61. The molecule has 1 aliphatic rings. The second-order valence-electron chi connectivity index (χ2n) is 4.00. The summed E-state index contributed by atoms with van der Waals surface area (Å²) in [6.45, 7) is 4.58. The van der Waals surface area contributed by atoms with Gasteiger partial charge in [-0.3, -0.25) is 0 Å². The Hall–Kier alpha value is -0.980. The number of allylic oxidation sites excluding steroid dienone is 1. The Bertz CT molecular complexity index is 333. The summed E-state index contributed by atoms with van der Waals surface area (Å²) in [4.78, 5) is 0. The lowest BCUT2D eigenvalue weighted by Gasteiger charge is -2.25. The summed E-state index contributed by atoms with van der Waals surface area (Å²) < 4.78 is 2.27. The molecule has 2 unspecified atom stereocenters. The Morgan fingerprint density at radius 1 is 1.46 bits per heavy atom. The topological polar surface area (TPSA) is 4.93 Å². The third-order valence-corrected chi connectivity index (χ3v) is 3.16. The van der Waals surface area contributed by atoms with Gasteiger partial charge in [0, 0.05) is 24.9 Å². The molecule has 0 fully saturated rings. The van der Waals surface area contributed by atoms with Crippen molar-refractivity contribution in [3.63, 3.8) is 0 Å². The molecule has 0 saturated carbocycles. The van der Waals surface area contributed by atoms with E-state index in [1.165, 1.54) is 17.7 Å². The quantitative estimate of drug-likeness (QED) is 0.617. The van der Waals surface area contributed by atoms with E-state index in [1.54, 1.807) is 0 Å². The molecule has 1 heterocycles. The minimum Gasteiger partial charge on any atom is -0.354 e. The van der Waals surface area contributed by atoms with Gasteiger partial charge in [-0.05, 0) is 24.0 Å². The predicted octanol–water partition coefficient (Wildman–Crippen LogP) is 3.18. The monoisotopic (exact) mass is 175 g/mol. The maximum atomic E-state index is 2.33. The van der Waals surface area contributed by atoms with Crippen molar-refractivity contribution in [2.45, 2.75) is 26.2 Å². The summed E-state index contributed by atoms with van der Waals surface area (Å²) in [5.41, 5.74) is 2.92. The molecular weight excluding hydrogens is 158 g/mol. The zero-order chi connectivity index (χ0) is 9.42. The third kappa shape index (κ3) is 1.23. The van der Waals surface area contributed by atoms with E-state index in [-0.39, 0.29) is 0 Å². The lowest BCUT2D eigenvalue weighted by molar-refractivity contribution is 0.499. The number of nitrogens with zero attached hydrogens (tertiary/aromatic N) is 1. The molecule has 1 aliphatic carbocycles. The predicted molar refractivity (Wildman–Crippen MR) is 56.6 cm³/mol. The number of hydrogen-bond donors (Lipinski definition) is 0. The Labute approximate surface area is 80.1 Å². The molecule has 1 aromatic rings. The molecular formula is C12H17N. The summed E-state index contributed by atoms with van der Waals surface area (Å²) in [5.74, 6) is 1.39. The normalized spacial score (nSPS) is 26.1. The fourth-order valence-electron chi connectivity index (χ4n) is 2.38. The third-order valence-electron chi connectivity index (χ3n) is 3.16. The highest BCUT2D eigenvalue weighted by atomic mass is 14.9. The van der Waals surface area contributed by atoms with Crippen LogP contribution in [-0.2, 0) is 7.05 Å². The number of rotatable bonds is 1. The summed E-state index contributed by atoms with van der Waals surface area (Å²) in [5, 5.41) is 0. The first-order valence-corrected chi connectivity index (χ1v) is 5.07. The van der Waals surface area contributed by atoms with Crippen LogP contribution in [0, 0.1) is 5.92 Å². The first-order chi connectivity index (χ1) is 6.24. The molecule has 2 atom stereocenters. The number of aromatic nitrogens is 1. The molecule has 70 valence electrons. The van der Waals surface area contributed by atoms with Crippen LogP contribution in [0.4, 0.5) is 0 Å². The molecule has 0 amide bonds. The highest BCUT2D eigenvalue weighted by Gasteiger charge is 2.23. The molecule has 0 bridgehead atoms. The van der Waals surface area contributed by atoms with E-state index in [0.29, 0.717) is 11.8 Å². The van der Waals surface area contributed by atoms with Crippen LogP contribution in [0.15, 0.2) is 18.3 Å². The van der Waals surface area contributed by atoms with E-state index in [1.807, 2.05) is 0 Å². The summed E-state index contributed by atoms with van der Waals surface area (Å²) in [7, 11) is 2.15. The van der Waals surface area contributed by atoms with Gasteiger partial charge in [0.25, 0.3) is 0 Å². The van der Waals surface area contributed by atoms with Crippen LogP contribution in [0.2, 0.25) is 0 Å². The minimum atomic E-state index is 0.686. The lowest BCUT2D eigenvalue weighted by Crippen LogP contribution is -2.14. The van der Waals surface area contributed by atoms with Crippen molar-refractivity contribution in [3.8, 4) is 0 Å². The lowest BCUT2D eigenvalue weighted by atomic mass is 9.83. The van der Waals surface area contributed by atoms with Gasteiger partial charge in [-0.2, -0.15) is 0 Å². The maximum Gasteiger partial charge on any atom is 0.0281 e. The van der Waals surface area contributed by atoms with E-state index >= 15 is 0 Å². The molecule has 0 saturated heterocycles. The Balaban J connectivity index is 2.50. The Morgan fingerprint density at radius 3 is 2.92 bits per heavy atom. The average Bonchev–Trinajstić information content (AvgIpc) is 2.49. The van der Waals surface area contributed by atoms with Crippen molar-refractivity contribution < 1.29 is 0 Å². The van der Waals surface area contributed by atoms with E-state index in [0.717, 1.165) is 0 Å². The van der Waals surface area contributed by atoms with Gasteiger partial charge in [-0.25, -0.2) is 0 Å². The largest absolute Gasteiger partial charge is 0.354 e. The van der Waals surface area contributed by atoms with E-state index < -0.39 is 0 Å². The van der Waals surface area contributed by atoms with Crippen molar-refractivity contribution in [1.29, 1.82) is 0 Å². The smallest absolute Gasteiger partial charge is 0.0281 e. The highest BCUT2D eigenvalue weighted by molar-refractivity contribution is 5.57. The maximum absolute atomic E-state index is 2.33. The van der Waals surface area contributed by atoms with Crippen molar-refractivity contribution in [2.75, 3.05) is 0 Å². The van der Waals surface area contributed by atoms with Crippen LogP contribution in [0.3, 0.4) is 0 Å². The van der Waals surface area contributed by atoms with Crippen LogP contribution in [-0.4, -0.2) is 4.57 Å². The van der Waals surface area contributed by atoms with Crippen molar-refractivity contribution >= 4 is 6.08 Å². The Kier molecular flexibility index (Phi) is 2.03. The van der Waals surface area contributed by atoms with Gasteiger partial charge >= 0.3 is 0 Å². The highest BCUT2D eigenvalue weighted by Crippen LogP contribution is 2.36. The average molecular weight is 175 g/mol. The van der Waals surface area contributed by atoms with Gasteiger partial charge in [0.2, 0.25) is 0 Å². The molecule has 0 aliphatic heterocycles. The SMILES string of the molecule is CCC1c2c(ccn2C)C=CC1C. The molecule has 1 heteroatoms. The van der Waals surface area contributed by atoms with Crippen LogP contribution < -0.4 is 0 Å². The Morgan fingerprint density at radius 2 is 2.23 bits per heavy atom. The molecule has 0 spiro atoms. The van der Waals surface area contributed by atoms with Crippen molar-refractivity contribution in [3.05, 3.63) is 29.6 Å². The van der Waals surface area contributed by atoms with E-state index in [9.17, 15) is 0 Å². The summed E-state index contributed by atoms with van der Waals surface area (Å²) >= 11 is 0. The molecule has 0 radical (unpaired) electrons. The number of hydrogen-bond acceptors (Lipinski definition) is 0. The molecule has 0 aromatic carbocycles. The van der Waals surface area contributed by atoms with Crippen LogP contribution in [0.5, 0.6) is 0 Å². The van der Waals surface area contributed by atoms with E-state index in [2.05, 4.69) is 49.9 Å². The summed E-state index contributed by atoms with van der Waals surface area (Å²) in [6.07, 6.45) is 7.98. The van der Waals surface area contributed by atoms with Crippen molar-refractivity contribution in [1.82, 2.24) is 4.57 Å². The van der Waals surface area contributed by atoms with Gasteiger partial charge in [0.05, 0.1) is 0 Å². The van der Waals surface area contributed by atoms with Crippen molar-refractivity contribution in [2.24, 2.45) is 13.0 Å².